The second-order valence-corrected chi connectivity index (χ2v) is 8.39. The van der Waals surface area contributed by atoms with Crippen molar-refractivity contribution in [2.45, 2.75) is 90.0 Å². The zero-order valence-corrected chi connectivity index (χ0v) is 15.5. The van der Waals surface area contributed by atoms with Gasteiger partial charge in [-0.1, -0.05) is 0 Å². The molecule has 5 heteroatoms. The molecule has 2 fully saturated rings. The van der Waals surface area contributed by atoms with E-state index in [9.17, 15) is 4.79 Å². The summed E-state index contributed by atoms with van der Waals surface area (Å²) in [7, 11) is 0. The Kier molecular flexibility index (Phi) is 5.95. The molecule has 0 spiro atoms. The monoisotopic (exact) mass is 326 g/mol. The molecule has 0 aromatic carbocycles. The van der Waals surface area contributed by atoms with Gasteiger partial charge in [0.1, 0.15) is 5.60 Å². The van der Waals surface area contributed by atoms with Gasteiger partial charge in [0.15, 0.2) is 0 Å². The zero-order valence-electron chi connectivity index (χ0n) is 15.5. The molecular weight excluding hydrogens is 292 g/mol. The van der Waals surface area contributed by atoms with Crippen molar-refractivity contribution in [1.29, 1.82) is 0 Å². The number of carbonyl (C=O) groups excluding carboxylic acids is 1. The van der Waals surface area contributed by atoms with Crippen molar-refractivity contribution in [2.75, 3.05) is 19.7 Å². The van der Waals surface area contributed by atoms with Gasteiger partial charge in [0.2, 0.25) is 0 Å². The van der Waals surface area contributed by atoms with Crippen molar-refractivity contribution in [3.05, 3.63) is 0 Å². The number of amides is 1. The molecular formula is C18H34N2O3. The summed E-state index contributed by atoms with van der Waals surface area (Å²) in [6, 6.07) is 0.647. The number of rotatable bonds is 5. The molecule has 1 N–H and O–H groups in total. The van der Waals surface area contributed by atoms with Crippen LogP contribution in [0.15, 0.2) is 0 Å². The van der Waals surface area contributed by atoms with Gasteiger partial charge in [-0.2, -0.15) is 0 Å². The zero-order chi connectivity index (χ0) is 17.1. The van der Waals surface area contributed by atoms with Crippen LogP contribution in [0.2, 0.25) is 0 Å². The molecule has 0 radical (unpaired) electrons. The Morgan fingerprint density at radius 1 is 1.43 bits per heavy atom. The summed E-state index contributed by atoms with van der Waals surface area (Å²) >= 11 is 0. The molecule has 0 aliphatic carbocycles. The van der Waals surface area contributed by atoms with Gasteiger partial charge in [0.25, 0.3) is 0 Å². The van der Waals surface area contributed by atoms with Crippen LogP contribution in [-0.2, 0) is 9.47 Å². The molecule has 2 rings (SSSR count). The van der Waals surface area contributed by atoms with Crippen LogP contribution in [0.4, 0.5) is 4.79 Å². The number of hydrogen-bond acceptors (Lipinski definition) is 4. The van der Waals surface area contributed by atoms with Crippen LogP contribution in [0.25, 0.3) is 0 Å². The fourth-order valence-electron chi connectivity index (χ4n) is 3.50. The summed E-state index contributed by atoms with van der Waals surface area (Å²) in [5.41, 5.74) is -0.447. The van der Waals surface area contributed by atoms with E-state index in [0.717, 1.165) is 51.8 Å². The molecule has 2 heterocycles. The molecule has 2 aliphatic heterocycles. The lowest BCUT2D eigenvalue weighted by molar-refractivity contribution is 0.0150. The van der Waals surface area contributed by atoms with Crippen molar-refractivity contribution < 1.29 is 14.3 Å². The third kappa shape index (κ3) is 5.64. The molecule has 2 saturated heterocycles. The summed E-state index contributed by atoms with van der Waals surface area (Å²) in [5, 5.41) is 3.60. The Morgan fingerprint density at radius 2 is 2.17 bits per heavy atom. The van der Waals surface area contributed by atoms with Gasteiger partial charge in [-0.3, -0.25) is 0 Å². The van der Waals surface area contributed by atoms with Crippen LogP contribution >= 0.6 is 0 Å². The SMILES string of the molecule is CC(CC1CCCN1C(=O)OC(C)(C)C)NCC1(C)CCCO1. The summed E-state index contributed by atoms with van der Waals surface area (Å²) in [4.78, 5) is 14.2. The fraction of sp³-hybridized carbons (Fsp3) is 0.944. The van der Waals surface area contributed by atoms with Crippen LogP contribution in [0.3, 0.4) is 0 Å². The largest absolute Gasteiger partial charge is 0.444 e. The highest BCUT2D eigenvalue weighted by atomic mass is 16.6. The third-order valence-electron chi connectivity index (χ3n) is 4.76. The van der Waals surface area contributed by atoms with E-state index in [2.05, 4.69) is 19.2 Å². The van der Waals surface area contributed by atoms with Crippen molar-refractivity contribution >= 4 is 6.09 Å². The highest BCUT2D eigenvalue weighted by Crippen LogP contribution is 2.26. The molecule has 0 aromatic heterocycles. The highest BCUT2D eigenvalue weighted by Gasteiger charge is 2.34. The number of nitrogens with one attached hydrogen (secondary N) is 1. The van der Waals surface area contributed by atoms with Crippen LogP contribution < -0.4 is 5.32 Å². The van der Waals surface area contributed by atoms with Crippen LogP contribution in [0, 0.1) is 0 Å². The molecule has 5 nitrogen and oxygen atoms in total. The molecule has 0 saturated carbocycles. The molecule has 23 heavy (non-hydrogen) atoms. The number of ether oxygens (including phenoxy) is 2. The van der Waals surface area contributed by atoms with Gasteiger partial charge < -0.3 is 19.7 Å². The number of carbonyl (C=O) groups is 1. The van der Waals surface area contributed by atoms with Crippen molar-refractivity contribution in [3.8, 4) is 0 Å². The second kappa shape index (κ2) is 7.39. The van der Waals surface area contributed by atoms with E-state index in [4.69, 9.17) is 9.47 Å². The first kappa shape index (κ1) is 18.5. The Bertz CT molecular complexity index is 400. The van der Waals surface area contributed by atoms with E-state index < -0.39 is 5.60 Å². The van der Waals surface area contributed by atoms with Crippen LogP contribution in [0.5, 0.6) is 0 Å². The van der Waals surface area contributed by atoms with Crippen LogP contribution in [-0.4, -0.2) is 54.0 Å². The van der Waals surface area contributed by atoms with Crippen molar-refractivity contribution in [2.24, 2.45) is 0 Å². The van der Waals surface area contributed by atoms with Gasteiger partial charge in [-0.05, 0) is 66.7 Å². The quantitative estimate of drug-likeness (QED) is 0.842. The number of hydrogen-bond donors (Lipinski definition) is 1. The van der Waals surface area contributed by atoms with E-state index in [1.165, 1.54) is 0 Å². The van der Waals surface area contributed by atoms with Gasteiger partial charge in [-0.15, -0.1) is 0 Å². The number of nitrogens with zero attached hydrogens (tertiary/aromatic N) is 1. The summed E-state index contributed by atoms with van der Waals surface area (Å²) in [6.07, 6.45) is 5.21. The third-order valence-corrected chi connectivity index (χ3v) is 4.76. The van der Waals surface area contributed by atoms with Gasteiger partial charge >= 0.3 is 6.09 Å². The molecule has 1 amide bonds. The average Bonchev–Trinajstić information content (AvgIpc) is 3.04. The Hall–Kier alpha value is -0.810. The van der Waals surface area contributed by atoms with E-state index in [0.29, 0.717) is 6.04 Å². The van der Waals surface area contributed by atoms with Gasteiger partial charge in [0.05, 0.1) is 5.60 Å². The first-order valence-electron chi connectivity index (χ1n) is 9.05. The Labute approximate surface area is 141 Å². The maximum atomic E-state index is 12.3. The van der Waals surface area contributed by atoms with Crippen LogP contribution in [0.1, 0.15) is 66.7 Å². The normalized spacial score (nSPS) is 29.8. The predicted octanol–water partition coefficient (Wildman–Crippen LogP) is 3.32. The van der Waals surface area contributed by atoms with Gasteiger partial charge in [-0.25, -0.2) is 4.79 Å². The number of likely N-dealkylation sites (tertiary alicyclic amines) is 1. The topological polar surface area (TPSA) is 50.8 Å². The predicted molar refractivity (Wildman–Crippen MR) is 91.6 cm³/mol. The Balaban J connectivity index is 1.79. The maximum Gasteiger partial charge on any atom is 0.410 e. The highest BCUT2D eigenvalue weighted by molar-refractivity contribution is 5.68. The standard InChI is InChI=1S/C18H34N2O3/c1-14(19-13-18(5)9-7-11-22-18)12-15-8-6-10-20(15)16(21)23-17(2,3)4/h14-15,19H,6-13H2,1-5H3. The van der Waals surface area contributed by atoms with Crippen molar-refractivity contribution in [1.82, 2.24) is 10.2 Å². The molecule has 2 aliphatic rings. The Morgan fingerprint density at radius 3 is 2.78 bits per heavy atom. The maximum absolute atomic E-state index is 12.3. The lowest BCUT2D eigenvalue weighted by atomic mass is 10.0. The lowest BCUT2D eigenvalue weighted by Gasteiger charge is -2.31. The average molecular weight is 326 g/mol. The smallest absolute Gasteiger partial charge is 0.410 e. The first-order valence-corrected chi connectivity index (χ1v) is 9.05. The van der Waals surface area contributed by atoms with E-state index >= 15 is 0 Å². The van der Waals surface area contributed by atoms with E-state index in [1.54, 1.807) is 0 Å². The minimum absolute atomic E-state index is 0.0191. The summed E-state index contributed by atoms with van der Waals surface area (Å²) < 4.78 is 11.4. The fourth-order valence-corrected chi connectivity index (χ4v) is 3.50. The molecule has 3 unspecified atom stereocenters. The molecule has 0 bridgehead atoms. The first-order chi connectivity index (χ1) is 10.7. The summed E-state index contributed by atoms with van der Waals surface area (Å²) in [5.74, 6) is 0. The second-order valence-electron chi connectivity index (χ2n) is 8.39. The molecule has 3 atom stereocenters. The lowest BCUT2D eigenvalue weighted by Crippen LogP contribution is -2.45. The van der Waals surface area contributed by atoms with E-state index in [-0.39, 0.29) is 17.7 Å². The molecule has 134 valence electrons. The summed E-state index contributed by atoms with van der Waals surface area (Å²) in [6.45, 7) is 12.7. The minimum atomic E-state index is -0.428. The van der Waals surface area contributed by atoms with E-state index in [1.807, 2.05) is 25.7 Å². The minimum Gasteiger partial charge on any atom is -0.444 e. The van der Waals surface area contributed by atoms with Gasteiger partial charge in [0, 0.05) is 31.8 Å². The molecule has 0 aromatic rings. The van der Waals surface area contributed by atoms with Crippen molar-refractivity contribution in [3.63, 3.8) is 0 Å².